The standard InChI is InChI=1S/C15H19BrO5/c1-4-19-14(18)15(2,3)13(17)9-7-10(16)12-11(8-9)20-5-6-21-12/h7-8,13,17H,4-6H2,1-3H3. The highest BCUT2D eigenvalue weighted by molar-refractivity contribution is 9.10. The summed E-state index contributed by atoms with van der Waals surface area (Å²) in [6.07, 6.45) is -1.01. The molecule has 0 spiro atoms. The van der Waals surface area contributed by atoms with Crippen molar-refractivity contribution >= 4 is 21.9 Å². The summed E-state index contributed by atoms with van der Waals surface area (Å²) in [5, 5.41) is 10.6. The fourth-order valence-corrected chi connectivity index (χ4v) is 2.71. The molecule has 1 aliphatic rings. The molecule has 1 aromatic carbocycles. The third-order valence-electron chi connectivity index (χ3n) is 3.42. The van der Waals surface area contributed by atoms with Gasteiger partial charge in [0.15, 0.2) is 11.5 Å². The molecule has 0 saturated heterocycles. The molecule has 1 atom stereocenters. The quantitative estimate of drug-likeness (QED) is 0.838. The fraction of sp³-hybridized carbons (Fsp3) is 0.533. The highest BCUT2D eigenvalue weighted by Crippen LogP contribution is 2.43. The highest BCUT2D eigenvalue weighted by Gasteiger charge is 2.39. The van der Waals surface area contributed by atoms with E-state index in [0.717, 1.165) is 0 Å². The Balaban J connectivity index is 2.33. The SMILES string of the molecule is CCOC(=O)C(C)(C)C(O)c1cc(Br)c2c(c1)OCCO2. The van der Waals surface area contributed by atoms with E-state index in [1.807, 2.05) is 0 Å². The lowest BCUT2D eigenvalue weighted by Gasteiger charge is -2.29. The summed E-state index contributed by atoms with van der Waals surface area (Å²) >= 11 is 3.40. The van der Waals surface area contributed by atoms with E-state index in [1.165, 1.54) is 0 Å². The van der Waals surface area contributed by atoms with Crippen LogP contribution in [0, 0.1) is 5.41 Å². The van der Waals surface area contributed by atoms with Crippen molar-refractivity contribution in [1.82, 2.24) is 0 Å². The first-order chi connectivity index (χ1) is 9.87. The number of esters is 1. The molecule has 0 bridgehead atoms. The van der Waals surface area contributed by atoms with Crippen LogP contribution in [0.1, 0.15) is 32.4 Å². The molecule has 116 valence electrons. The number of ether oxygens (including phenoxy) is 3. The molecule has 1 aliphatic heterocycles. The number of benzene rings is 1. The maximum absolute atomic E-state index is 12.0. The minimum Gasteiger partial charge on any atom is -0.486 e. The topological polar surface area (TPSA) is 65.0 Å². The van der Waals surface area contributed by atoms with E-state index in [9.17, 15) is 9.90 Å². The second-order valence-corrected chi connectivity index (χ2v) is 6.23. The Morgan fingerprint density at radius 1 is 1.43 bits per heavy atom. The first kappa shape index (κ1) is 16.1. The molecule has 0 fully saturated rings. The van der Waals surface area contributed by atoms with E-state index >= 15 is 0 Å². The summed E-state index contributed by atoms with van der Waals surface area (Å²) in [5.41, 5.74) is -0.483. The largest absolute Gasteiger partial charge is 0.486 e. The number of fused-ring (bicyclic) bond motifs is 1. The van der Waals surface area contributed by atoms with Crippen LogP contribution in [0.2, 0.25) is 0 Å². The minimum atomic E-state index is -1.06. The van der Waals surface area contributed by atoms with E-state index in [2.05, 4.69) is 15.9 Å². The van der Waals surface area contributed by atoms with Crippen molar-refractivity contribution in [2.75, 3.05) is 19.8 Å². The summed E-state index contributed by atoms with van der Waals surface area (Å²) in [4.78, 5) is 12.0. The van der Waals surface area contributed by atoms with Crippen LogP contribution in [0.3, 0.4) is 0 Å². The predicted octanol–water partition coefficient (Wildman–Crippen LogP) is 2.84. The third kappa shape index (κ3) is 3.16. The Bertz CT molecular complexity index is 541. The lowest BCUT2D eigenvalue weighted by atomic mass is 9.82. The van der Waals surface area contributed by atoms with Gasteiger partial charge in [0.2, 0.25) is 0 Å². The van der Waals surface area contributed by atoms with Gasteiger partial charge >= 0.3 is 5.97 Å². The van der Waals surface area contributed by atoms with Crippen molar-refractivity contribution in [2.45, 2.75) is 26.9 Å². The summed E-state index contributed by atoms with van der Waals surface area (Å²) in [7, 11) is 0. The lowest BCUT2D eigenvalue weighted by molar-refractivity contribution is -0.160. The zero-order valence-corrected chi connectivity index (χ0v) is 13.9. The number of halogens is 1. The molecule has 1 N–H and O–H groups in total. The maximum Gasteiger partial charge on any atom is 0.314 e. The zero-order chi connectivity index (χ0) is 15.6. The Labute approximate surface area is 132 Å². The van der Waals surface area contributed by atoms with E-state index in [1.54, 1.807) is 32.9 Å². The van der Waals surface area contributed by atoms with Crippen LogP contribution in [0.25, 0.3) is 0 Å². The number of aliphatic hydroxyl groups excluding tert-OH is 1. The van der Waals surface area contributed by atoms with E-state index < -0.39 is 17.5 Å². The molecule has 0 radical (unpaired) electrons. The van der Waals surface area contributed by atoms with Crippen LogP contribution in [0.5, 0.6) is 11.5 Å². The van der Waals surface area contributed by atoms with Gasteiger partial charge in [-0.25, -0.2) is 0 Å². The Hall–Kier alpha value is -1.27. The van der Waals surface area contributed by atoms with Crippen molar-refractivity contribution < 1.29 is 24.1 Å². The van der Waals surface area contributed by atoms with Gasteiger partial charge in [0, 0.05) is 0 Å². The van der Waals surface area contributed by atoms with E-state index in [0.29, 0.717) is 34.7 Å². The molecule has 0 amide bonds. The molecular formula is C15H19BrO5. The molecule has 1 unspecified atom stereocenters. The zero-order valence-electron chi connectivity index (χ0n) is 12.3. The Morgan fingerprint density at radius 3 is 2.76 bits per heavy atom. The maximum atomic E-state index is 12.0. The van der Waals surface area contributed by atoms with Crippen molar-refractivity contribution in [3.63, 3.8) is 0 Å². The Morgan fingerprint density at radius 2 is 2.10 bits per heavy atom. The molecule has 2 rings (SSSR count). The van der Waals surface area contributed by atoms with Gasteiger partial charge < -0.3 is 19.3 Å². The van der Waals surface area contributed by atoms with Crippen LogP contribution in [0.15, 0.2) is 16.6 Å². The summed E-state index contributed by atoms with van der Waals surface area (Å²) < 4.78 is 16.8. The highest BCUT2D eigenvalue weighted by atomic mass is 79.9. The van der Waals surface area contributed by atoms with E-state index in [-0.39, 0.29) is 6.61 Å². The molecular weight excluding hydrogens is 340 g/mol. The van der Waals surface area contributed by atoms with Gasteiger partial charge in [0.25, 0.3) is 0 Å². The number of hydrogen-bond acceptors (Lipinski definition) is 5. The van der Waals surface area contributed by atoms with Crippen molar-refractivity contribution in [3.8, 4) is 11.5 Å². The molecule has 5 nitrogen and oxygen atoms in total. The first-order valence-corrected chi connectivity index (χ1v) is 7.61. The van der Waals surface area contributed by atoms with Gasteiger partial charge in [-0.1, -0.05) is 0 Å². The van der Waals surface area contributed by atoms with Crippen LogP contribution >= 0.6 is 15.9 Å². The van der Waals surface area contributed by atoms with Crippen molar-refractivity contribution in [3.05, 3.63) is 22.2 Å². The molecule has 6 heteroatoms. The molecule has 0 saturated carbocycles. The molecule has 21 heavy (non-hydrogen) atoms. The number of carbonyl (C=O) groups is 1. The van der Waals surface area contributed by atoms with Gasteiger partial charge in [-0.15, -0.1) is 0 Å². The van der Waals surface area contributed by atoms with Crippen LogP contribution in [-0.4, -0.2) is 30.9 Å². The molecule has 0 aliphatic carbocycles. The minimum absolute atomic E-state index is 0.278. The number of aliphatic hydroxyl groups is 1. The van der Waals surface area contributed by atoms with Gasteiger partial charge in [-0.05, 0) is 54.4 Å². The van der Waals surface area contributed by atoms with Crippen LogP contribution in [-0.2, 0) is 9.53 Å². The number of hydrogen-bond donors (Lipinski definition) is 1. The number of rotatable bonds is 4. The summed E-state index contributed by atoms with van der Waals surface area (Å²) in [5.74, 6) is 0.735. The normalized spacial score (nSPS) is 15.5. The second-order valence-electron chi connectivity index (χ2n) is 5.37. The van der Waals surface area contributed by atoms with Crippen molar-refractivity contribution in [1.29, 1.82) is 0 Å². The van der Waals surface area contributed by atoms with E-state index in [4.69, 9.17) is 14.2 Å². The fourth-order valence-electron chi connectivity index (χ4n) is 2.13. The Kier molecular flexibility index (Phi) is 4.78. The smallest absolute Gasteiger partial charge is 0.314 e. The summed E-state index contributed by atoms with van der Waals surface area (Å²) in [6, 6.07) is 3.43. The van der Waals surface area contributed by atoms with Gasteiger partial charge in [0.1, 0.15) is 13.2 Å². The monoisotopic (exact) mass is 358 g/mol. The van der Waals surface area contributed by atoms with Gasteiger partial charge in [0.05, 0.1) is 22.6 Å². The van der Waals surface area contributed by atoms with Crippen LogP contribution in [0.4, 0.5) is 0 Å². The number of carbonyl (C=O) groups excluding carboxylic acids is 1. The first-order valence-electron chi connectivity index (χ1n) is 6.82. The molecule has 1 aromatic rings. The average Bonchev–Trinajstić information content (AvgIpc) is 2.46. The lowest BCUT2D eigenvalue weighted by Crippen LogP contribution is -2.33. The van der Waals surface area contributed by atoms with Crippen LogP contribution < -0.4 is 9.47 Å². The van der Waals surface area contributed by atoms with Gasteiger partial charge in [-0.2, -0.15) is 0 Å². The predicted molar refractivity (Wildman–Crippen MR) is 80.5 cm³/mol. The average molecular weight is 359 g/mol. The second kappa shape index (κ2) is 6.23. The van der Waals surface area contributed by atoms with Crippen molar-refractivity contribution in [2.24, 2.45) is 5.41 Å². The molecule has 0 aromatic heterocycles. The summed E-state index contributed by atoms with van der Waals surface area (Å²) in [6.45, 7) is 6.27. The van der Waals surface area contributed by atoms with Gasteiger partial charge in [-0.3, -0.25) is 4.79 Å². The third-order valence-corrected chi connectivity index (χ3v) is 4.01. The molecule has 1 heterocycles.